The van der Waals surface area contributed by atoms with Crippen molar-refractivity contribution in [2.24, 2.45) is 0 Å². The summed E-state index contributed by atoms with van der Waals surface area (Å²) in [6, 6.07) is 11.5. The lowest BCUT2D eigenvalue weighted by molar-refractivity contribution is 0.101. The normalized spacial score (nSPS) is 10.3. The van der Waals surface area contributed by atoms with E-state index in [1.54, 1.807) is 24.3 Å². The van der Waals surface area contributed by atoms with Crippen LogP contribution in [-0.4, -0.2) is 30.9 Å². The molecule has 1 amide bonds. The summed E-state index contributed by atoms with van der Waals surface area (Å²) in [6.07, 6.45) is 1.27. The van der Waals surface area contributed by atoms with Crippen molar-refractivity contribution in [2.45, 2.75) is 0 Å². The van der Waals surface area contributed by atoms with Crippen molar-refractivity contribution in [2.75, 3.05) is 5.32 Å². The Morgan fingerprint density at radius 2 is 1.95 bits per heavy atom. The quantitative estimate of drug-likeness (QED) is 0.732. The molecule has 0 aliphatic rings. The molecule has 1 aromatic carbocycles. The van der Waals surface area contributed by atoms with Crippen molar-refractivity contribution in [3.05, 3.63) is 64.8 Å². The topological polar surface area (TPSA) is 106 Å². The van der Waals surface area contributed by atoms with Crippen LogP contribution in [-0.2, 0) is 0 Å². The minimum absolute atomic E-state index is 0.0925. The van der Waals surface area contributed by atoms with Gasteiger partial charge in [-0.15, -0.1) is 0 Å². The van der Waals surface area contributed by atoms with E-state index in [4.69, 9.17) is 0 Å². The van der Waals surface area contributed by atoms with Gasteiger partial charge in [0.15, 0.2) is 0 Å². The molecule has 0 radical (unpaired) electrons. The number of amides is 1. The molecular weight excluding hydrogens is 272 g/mol. The zero-order valence-corrected chi connectivity index (χ0v) is 10.7. The second-order valence-corrected chi connectivity index (χ2v) is 4.09. The molecule has 21 heavy (non-hydrogen) atoms. The van der Waals surface area contributed by atoms with Crippen molar-refractivity contribution in [1.29, 1.82) is 0 Å². The van der Waals surface area contributed by atoms with Gasteiger partial charge in [0.2, 0.25) is 5.95 Å². The van der Waals surface area contributed by atoms with Crippen LogP contribution >= 0.6 is 0 Å². The van der Waals surface area contributed by atoms with Gasteiger partial charge in [-0.05, 0) is 18.2 Å². The van der Waals surface area contributed by atoms with Gasteiger partial charge in [0, 0.05) is 6.07 Å². The second-order valence-electron chi connectivity index (χ2n) is 4.09. The fourth-order valence-corrected chi connectivity index (χ4v) is 1.72. The van der Waals surface area contributed by atoms with Crippen LogP contribution in [0.2, 0.25) is 0 Å². The highest BCUT2D eigenvalue weighted by atomic mass is 16.2. The van der Waals surface area contributed by atoms with Crippen LogP contribution in [0, 0.1) is 0 Å². The number of aromatic nitrogens is 5. The largest absolute Gasteiger partial charge is 0.289 e. The minimum atomic E-state index is -0.489. The molecule has 2 heterocycles. The summed E-state index contributed by atoms with van der Waals surface area (Å²) >= 11 is 0. The molecule has 0 bridgehead atoms. The summed E-state index contributed by atoms with van der Waals surface area (Å²) in [5, 5.41) is 12.7. The van der Waals surface area contributed by atoms with Crippen LogP contribution < -0.4 is 10.9 Å². The Labute approximate surface area is 118 Å². The number of carbonyl (C=O) groups excluding carboxylic acids is 1. The highest BCUT2D eigenvalue weighted by Gasteiger charge is 2.11. The van der Waals surface area contributed by atoms with Gasteiger partial charge < -0.3 is 0 Å². The van der Waals surface area contributed by atoms with Crippen molar-refractivity contribution in [1.82, 2.24) is 25.0 Å². The Hall–Kier alpha value is -3.29. The molecule has 8 nitrogen and oxygen atoms in total. The van der Waals surface area contributed by atoms with Crippen molar-refractivity contribution >= 4 is 11.9 Å². The fraction of sp³-hybridized carbons (Fsp3) is 0. The number of hydrogen-bond acceptors (Lipinski definition) is 5. The smallest absolute Gasteiger partial charge is 0.278 e. The van der Waals surface area contributed by atoms with Crippen LogP contribution in [0.15, 0.2) is 53.6 Å². The Morgan fingerprint density at radius 3 is 2.67 bits per heavy atom. The molecule has 0 fully saturated rings. The van der Waals surface area contributed by atoms with Gasteiger partial charge in [-0.1, -0.05) is 18.2 Å². The summed E-state index contributed by atoms with van der Waals surface area (Å²) in [7, 11) is 0. The van der Waals surface area contributed by atoms with Gasteiger partial charge in [-0.2, -0.15) is 19.9 Å². The zero-order valence-electron chi connectivity index (χ0n) is 10.7. The molecule has 2 N–H and O–H groups in total. The van der Waals surface area contributed by atoms with E-state index < -0.39 is 5.91 Å². The fourth-order valence-electron chi connectivity index (χ4n) is 1.72. The maximum atomic E-state index is 12.0. The average Bonchev–Trinajstić information content (AvgIpc) is 3.01. The van der Waals surface area contributed by atoms with Gasteiger partial charge in [0.05, 0.1) is 5.69 Å². The van der Waals surface area contributed by atoms with E-state index in [1.807, 2.05) is 6.07 Å². The standard InChI is InChI=1S/C13H10N6O2/c20-11-7-6-10(12(21)16-13-14-8-15-17-13)18-19(11)9-4-2-1-3-5-9/h1-8H,(H2,14,15,16,17,21). The Balaban J connectivity index is 1.94. The lowest BCUT2D eigenvalue weighted by Crippen LogP contribution is -2.25. The molecule has 0 saturated carbocycles. The van der Waals surface area contributed by atoms with Crippen molar-refractivity contribution in [3.8, 4) is 5.69 Å². The first-order chi connectivity index (χ1) is 10.2. The van der Waals surface area contributed by atoms with Gasteiger partial charge >= 0.3 is 0 Å². The zero-order chi connectivity index (χ0) is 14.7. The van der Waals surface area contributed by atoms with Gasteiger partial charge in [-0.25, -0.2) is 5.10 Å². The first kappa shape index (κ1) is 12.7. The van der Waals surface area contributed by atoms with E-state index in [9.17, 15) is 9.59 Å². The average molecular weight is 282 g/mol. The maximum Gasteiger partial charge on any atom is 0.278 e. The molecule has 3 aromatic rings. The summed E-state index contributed by atoms with van der Waals surface area (Å²) in [5.74, 6) is -0.282. The number of rotatable bonds is 3. The molecule has 104 valence electrons. The number of nitrogens with one attached hydrogen (secondary N) is 2. The first-order valence-electron chi connectivity index (χ1n) is 6.06. The highest BCUT2D eigenvalue weighted by molar-refractivity contribution is 6.01. The molecule has 0 saturated heterocycles. The monoisotopic (exact) mass is 282 g/mol. The summed E-state index contributed by atoms with van der Waals surface area (Å²) in [6.45, 7) is 0. The van der Waals surface area contributed by atoms with Gasteiger partial charge in [-0.3, -0.25) is 14.9 Å². The number of aromatic amines is 1. The van der Waals surface area contributed by atoms with Gasteiger partial charge in [0.1, 0.15) is 12.0 Å². The van der Waals surface area contributed by atoms with Crippen LogP contribution in [0.5, 0.6) is 0 Å². The molecule has 2 aromatic heterocycles. The number of benzene rings is 1. The number of carbonyl (C=O) groups is 1. The third kappa shape index (κ3) is 2.68. The molecular formula is C13H10N6O2. The molecule has 0 atom stereocenters. The van der Waals surface area contributed by atoms with E-state index in [1.165, 1.54) is 18.5 Å². The number of anilines is 1. The molecule has 8 heteroatoms. The van der Waals surface area contributed by atoms with E-state index in [-0.39, 0.29) is 17.2 Å². The van der Waals surface area contributed by atoms with E-state index >= 15 is 0 Å². The van der Waals surface area contributed by atoms with Crippen LogP contribution in [0.4, 0.5) is 5.95 Å². The van der Waals surface area contributed by atoms with Crippen molar-refractivity contribution < 1.29 is 4.79 Å². The molecule has 0 aliphatic heterocycles. The highest BCUT2D eigenvalue weighted by Crippen LogP contribution is 2.04. The molecule has 0 aliphatic carbocycles. The second kappa shape index (κ2) is 5.37. The first-order valence-corrected chi connectivity index (χ1v) is 6.06. The van der Waals surface area contributed by atoms with E-state index in [0.29, 0.717) is 5.69 Å². The maximum absolute atomic E-state index is 12.0. The lowest BCUT2D eigenvalue weighted by atomic mass is 10.3. The minimum Gasteiger partial charge on any atom is -0.289 e. The SMILES string of the molecule is O=C(Nc1ncn[nH]1)c1ccc(=O)n(-c2ccccc2)n1. The van der Waals surface area contributed by atoms with E-state index in [0.717, 1.165) is 4.68 Å². The number of nitrogens with zero attached hydrogens (tertiary/aromatic N) is 4. The lowest BCUT2D eigenvalue weighted by Gasteiger charge is -2.06. The third-order valence-corrected chi connectivity index (χ3v) is 2.68. The predicted molar refractivity (Wildman–Crippen MR) is 74.2 cm³/mol. The van der Waals surface area contributed by atoms with Crippen molar-refractivity contribution in [3.63, 3.8) is 0 Å². The predicted octanol–water partition coefficient (Wildman–Crippen LogP) is 0.603. The molecule has 0 unspecified atom stereocenters. The summed E-state index contributed by atoms with van der Waals surface area (Å²) < 4.78 is 1.16. The van der Waals surface area contributed by atoms with Crippen LogP contribution in [0.1, 0.15) is 10.5 Å². The number of para-hydroxylation sites is 1. The molecule has 3 rings (SSSR count). The van der Waals surface area contributed by atoms with E-state index in [2.05, 4.69) is 25.6 Å². The summed E-state index contributed by atoms with van der Waals surface area (Å²) in [4.78, 5) is 27.7. The van der Waals surface area contributed by atoms with Crippen LogP contribution in [0.25, 0.3) is 5.69 Å². The Bertz CT molecular complexity index is 810. The Kier molecular flexibility index (Phi) is 3.26. The number of H-pyrrole nitrogens is 1. The van der Waals surface area contributed by atoms with Gasteiger partial charge in [0.25, 0.3) is 11.5 Å². The Morgan fingerprint density at radius 1 is 1.14 bits per heavy atom. The summed E-state index contributed by atoms with van der Waals surface area (Å²) in [5.41, 5.74) is 0.351. The number of hydrogen-bond donors (Lipinski definition) is 2. The molecule has 0 spiro atoms. The van der Waals surface area contributed by atoms with Crippen LogP contribution in [0.3, 0.4) is 0 Å². The third-order valence-electron chi connectivity index (χ3n) is 2.68.